The van der Waals surface area contributed by atoms with Crippen molar-refractivity contribution in [3.05, 3.63) is 0 Å². The van der Waals surface area contributed by atoms with Crippen molar-refractivity contribution in [3.63, 3.8) is 0 Å². The number of alkyl halides is 3. The van der Waals surface area contributed by atoms with Crippen LogP contribution < -0.4 is 16.0 Å². The minimum atomic E-state index is -5.14. The van der Waals surface area contributed by atoms with Gasteiger partial charge in [-0.2, -0.15) is 18.4 Å². The maximum Gasteiger partial charge on any atom is 0.471 e. The van der Waals surface area contributed by atoms with Crippen LogP contribution in [0.3, 0.4) is 0 Å². The second-order valence-electron chi connectivity index (χ2n) is 12.5. The average molecular weight is 524 g/mol. The van der Waals surface area contributed by atoms with Crippen LogP contribution in [-0.2, 0) is 19.2 Å². The number of amides is 4. The minimum Gasteiger partial charge on any atom is -0.350 e. The average Bonchev–Trinajstić information content (AvgIpc) is 3.73. The number of halogens is 3. The van der Waals surface area contributed by atoms with Crippen molar-refractivity contribution in [2.75, 3.05) is 6.54 Å². The Morgan fingerprint density at radius 2 is 1.81 bits per heavy atom. The molecule has 2 heterocycles. The smallest absolute Gasteiger partial charge is 0.350 e. The van der Waals surface area contributed by atoms with Gasteiger partial charge in [0.1, 0.15) is 18.1 Å². The van der Waals surface area contributed by atoms with E-state index in [1.165, 1.54) is 4.90 Å². The highest BCUT2D eigenvalue weighted by Gasteiger charge is 2.70. The first kappa shape index (κ1) is 25.8. The summed E-state index contributed by atoms with van der Waals surface area (Å²) in [6, 6.07) is -1.27. The zero-order valence-electron chi connectivity index (χ0n) is 21.1. The van der Waals surface area contributed by atoms with Gasteiger partial charge in [-0.3, -0.25) is 19.2 Å². The van der Waals surface area contributed by atoms with E-state index in [4.69, 9.17) is 0 Å². The van der Waals surface area contributed by atoms with Crippen LogP contribution in [0.2, 0.25) is 0 Å². The Kier molecular flexibility index (Phi) is 5.63. The number of carbonyl (C=O) groups excluding carboxylic acids is 4. The lowest BCUT2D eigenvalue weighted by atomic mass is 9.93. The molecule has 4 amide bonds. The fraction of sp³-hybridized carbons (Fsp3) is 0.800. The molecule has 0 radical (unpaired) electrons. The van der Waals surface area contributed by atoms with Gasteiger partial charge < -0.3 is 20.9 Å². The zero-order chi connectivity index (χ0) is 27.1. The quantitative estimate of drug-likeness (QED) is 0.464. The molecule has 0 aromatic rings. The van der Waals surface area contributed by atoms with Gasteiger partial charge in [0.05, 0.1) is 6.07 Å². The molecule has 3 aliphatic carbocycles. The van der Waals surface area contributed by atoms with Gasteiger partial charge in [0.15, 0.2) is 0 Å². The maximum absolute atomic E-state index is 13.6. The van der Waals surface area contributed by atoms with Gasteiger partial charge >= 0.3 is 12.1 Å². The fourth-order valence-corrected chi connectivity index (χ4v) is 6.55. The van der Waals surface area contributed by atoms with Crippen molar-refractivity contribution >= 4 is 23.6 Å². The van der Waals surface area contributed by atoms with Gasteiger partial charge in [-0.1, -0.05) is 20.8 Å². The van der Waals surface area contributed by atoms with Gasteiger partial charge in [0.25, 0.3) is 0 Å². The van der Waals surface area contributed by atoms with Gasteiger partial charge in [0.2, 0.25) is 17.7 Å². The van der Waals surface area contributed by atoms with Gasteiger partial charge in [-0.25, -0.2) is 0 Å². The van der Waals surface area contributed by atoms with Crippen LogP contribution in [0, 0.1) is 39.9 Å². The van der Waals surface area contributed by atoms with E-state index in [2.05, 4.69) is 10.6 Å². The molecule has 1 spiro atoms. The van der Waals surface area contributed by atoms with E-state index in [0.29, 0.717) is 19.3 Å². The molecular formula is C25H32F3N5O4. The number of fused-ring (bicyclic) bond motifs is 1. The van der Waals surface area contributed by atoms with Gasteiger partial charge in [-0.05, 0) is 61.2 Å². The molecule has 4 unspecified atom stereocenters. The van der Waals surface area contributed by atoms with Crippen LogP contribution in [-0.4, -0.2) is 64.9 Å². The molecule has 5 fully saturated rings. The molecule has 6 atom stereocenters. The summed E-state index contributed by atoms with van der Waals surface area (Å²) in [5, 5.41) is 17.3. The molecular weight excluding hydrogens is 491 g/mol. The summed E-state index contributed by atoms with van der Waals surface area (Å²) in [5.74, 6) is -4.21. The van der Waals surface area contributed by atoms with Gasteiger partial charge in [-0.15, -0.1) is 0 Å². The maximum atomic E-state index is 13.6. The normalized spacial score (nSPS) is 33.0. The number of nitrogens with zero attached hydrogens (tertiary/aromatic N) is 2. The second kappa shape index (κ2) is 8.08. The summed E-state index contributed by atoms with van der Waals surface area (Å²) in [6.07, 6.45) is -1.61. The summed E-state index contributed by atoms with van der Waals surface area (Å²) >= 11 is 0. The monoisotopic (exact) mass is 523 g/mol. The number of carbonyl (C=O) groups is 4. The van der Waals surface area contributed by atoms with E-state index in [9.17, 15) is 37.6 Å². The standard InChI is InChI=1S/C25H32F3N5O4/c1-22(2)14-11-33(20(36)17(23(3)4-5-23)31-21(37)25(26,27)28)16(15(14)22)19(35)30-13(10-29)8-12-9-24(6-7-24)32-18(12)34/h12-17H,4-9,11H2,1-3H3,(H,30,35)(H,31,37)(H,32,34)/t12-,13+,14?,15?,16?,17?/m1/s1. The topological polar surface area (TPSA) is 131 Å². The van der Waals surface area contributed by atoms with Crippen LogP contribution >= 0.6 is 0 Å². The van der Waals surface area contributed by atoms with E-state index in [0.717, 1.165) is 12.8 Å². The lowest BCUT2D eigenvalue weighted by Crippen LogP contribution is -2.59. The second-order valence-corrected chi connectivity index (χ2v) is 12.5. The first-order chi connectivity index (χ1) is 17.1. The third-order valence-corrected chi connectivity index (χ3v) is 9.52. The number of rotatable bonds is 7. The molecule has 202 valence electrons. The third kappa shape index (κ3) is 4.44. The Morgan fingerprint density at radius 1 is 1.16 bits per heavy atom. The third-order valence-electron chi connectivity index (χ3n) is 9.52. The largest absolute Gasteiger partial charge is 0.471 e. The number of nitrogens with one attached hydrogen (secondary N) is 3. The summed E-state index contributed by atoms with van der Waals surface area (Å²) < 4.78 is 39.0. The Labute approximate surface area is 212 Å². The van der Waals surface area contributed by atoms with Crippen molar-refractivity contribution in [3.8, 4) is 6.07 Å². The van der Waals surface area contributed by atoms with E-state index in [-0.39, 0.29) is 41.7 Å². The molecule has 0 aromatic carbocycles. The van der Waals surface area contributed by atoms with Crippen molar-refractivity contribution < 1.29 is 32.3 Å². The summed E-state index contributed by atoms with van der Waals surface area (Å²) in [6.45, 7) is 5.77. The molecule has 12 heteroatoms. The number of nitriles is 1. The lowest BCUT2D eigenvalue weighted by molar-refractivity contribution is -0.176. The molecule has 5 rings (SSSR count). The number of hydrogen-bond acceptors (Lipinski definition) is 5. The van der Waals surface area contributed by atoms with Crippen LogP contribution in [0.1, 0.15) is 59.3 Å². The molecule has 0 aromatic heterocycles. The van der Waals surface area contributed by atoms with Crippen LogP contribution in [0.25, 0.3) is 0 Å². The van der Waals surface area contributed by atoms with Crippen molar-refractivity contribution in [2.45, 2.75) is 89.1 Å². The highest BCUT2D eigenvalue weighted by molar-refractivity contribution is 5.95. The zero-order valence-corrected chi connectivity index (χ0v) is 21.1. The first-order valence-corrected chi connectivity index (χ1v) is 12.8. The number of piperidine rings is 1. The Balaban J connectivity index is 1.31. The Bertz CT molecular complexity index is 1090. The molecule has 2 saturated heterocycles. The van der Waals surface area contributed by atoms with Crippen LogP contribution in [0.15, 0.2) is 0 Å². The lowest BCUT2D eigenvalue weighted by Gasteiger charge is -2.35. The van der Waals surface area contributed by atoms with Crippen molar-refractivity contribution in [2.24, 2.45) is 28.6 Å². The SMILES string of the molecule is CC1(C(NC(=O)C(F)(F)F)C(=O)N2CC3C(C2C(=O)N[C@H](C#N)C[C@@H]2CC4(CC4)NC2=O)C3(C)C)CC1. The van der Waals surface area contributed by atoms with E-state index in [1.54, 1.807) is 6.92 Å². The molecule has 2 aliphatic heterocycles. The molecule has 37 heavy (non-hydrogen) atoms. The molecule has 3 N–H and O–H groups in total. The van der Waals surface area contributed by atoms with Crippen molar-refractivity contribution in [1.82, 2.24) is 20.9 Å². The van der Waals surface area contributed by atoms with E-state index >= 15 is 0 Å². The molecule has 9 nitrogen and oxygen atoms in total. The summed E-state index contributed by atoms with van der Waals surface area (Å²) in [5.41, 5.74) is -1.23. The molecule has 5 aliphatic rings. The van der Waals surface area contributed by atoms with E-state index < -0.39 is 53.4 Å². The number of hydrogen-bond donors (Lipinski definition) is 3. The fourth-order valence-electron chi connectivity index (χ4n) is 6.55. The predicted molar refractivity (Wildman–Crippen MR) is 122 cm³/mol. The predicted octanol–water partition coefficient (Wildman–Crippen LogP) is 1.38. The highest BCUT2D eigenvalue weighted by atomic mass is 19.4. The van der Waals surface area contributed by atoms with Gasteiger partial charge in [0, 0.05) is 18.0 Å². The summed E-state index contributed by atoms with van der Waals surface area (Å²) in [4.78, 5) is 52.4. The van der Waals surface area contributed by atoms with Crippen LogP contribution in [0.5, 0.6) is 0 Å². The Morgan fingerprint density at radius 3 is 2.32 bits per heavy atom. The minimum absolute atomic E-state index is 0.0194. The first-order valence-electron chi connectivity index (χ1n) is 12.8. The summed E-state index contributed by atoms with van der Waals surface area (Å²) in [7, 11) is 0. The highest BCUT2D eigenvalue weighted by Crippen LogP contribution is 2.65. The number of likely N-dealkylation sites (tertiary alicyclic amines) is 1. The molecule has 0 bridgehead atoms. The van der Waals surface area contributed by atoms with Crippen LogP contribution in [0.4, 0.5) is 13.2 Å². The van der Waals surface area contributed by atoms with E-state index in [1.807, 2.05) is 25.2 Å². The Hall–Kier alpha value is -2.84. The van der Waals surface area contributed by atoms with Crippen molar-refractivity contribution in [1.29, 1.82) is 5.26 Å². The molecule has 3 saturated carbocycles.